The number of aromatic nitrogens is 3. The van der Waals surface area contributed by atoms with Gasteiger partial charge in [0, 0.05) is 17.8 Å². The third kappa shape index (κ3) is 2.42. The molecule has 5 heteroatoms. The van der Waals surface area contributed by atoms with Crippen molar-refractivity contribution in [2.75, 3.05) is 0 Å². The zero-order valence-corrected chi connectivity index (χ0v) is 11.3. The maximum absolute atomic E-state index is 9.81. The monoisotopic (exact) mass is 269 g/mol. The van der Waals surface area contributed by atoms with Gasteiger partial charge in [0.2, 0.25) is 0 Å². The van der Waals surface area contributed by atoms with Crippen molar-refractivity contribution in [2.24, 2.45) is 0 Å². The standard InChI is InChI=1S/C15H15N3O2/c1-9(2)20-12-7-10(6-11(19)8-12)14-17-13-4-3-5-16-15(13)18-14/h3-9,19H,1-2H3,(H,16,17,18). The highest BCUT2D eigenvalue weighted by atomic mass is 16.5. The fraction of sp³-hybridized carbons (Fsp3) is 0.200. The maximum Gasteiger partial charge on any atom is 0.157 e. The van der Waals surface area contributed by atoms with Gasteiger partial charge in [-0.3, -0.25) is 0 Å². The van der Waals surface area contributed by atoms with Crippen LogP contribution in [0.15, 0.2) is 36.5 Å². The highest BCUT2D eigenvalue weighted by Crippen LogP contribution is 2.29. The summed E-state index contributed by atoms with van der Waals surface area (Å²) in [7, 11) is 0. The first-order valence-corrected chi connectivity index (χ1v) is 6.43. The van der Waals surface area contributed by atoms with Crippen molar-refractivity contribution in [3.8, 4) is 22.9 Å². The van der Waals surface area contributed by atoms with Gasteiger partial charge in [0.1, 0.15) is 22.8 Å². The van der Waals surface area contributed by atoms with E-state index in [1.807, 2.05) is 32.0 Å². The van der Waals surface area contributed by atoms with Gasteiger partial charge in [-0.25, -0.2) is 9.97 Å². The number of hydrogen-bond acceptors (Lipinski definition) is 4. The molecule has 0 saturated heterocycles. The number of fused-ring (bicyclic) bond motifs is 1. The van der Waals surface area contributed by atoms with Crippen LogP contribution in [0.2, 0.25) is 0 Å². The predicted molar refractivity (Wildman–Crippen MR) is 76.8 cm³/mol. The SMILES string of the molecule is CC(C)Oc1cc(O)cc(-c2nc3cccnc3[nH]2)c1. The number of H-pyrrole nitrogens is 1. The molecule has 0 aliphatic rings. The van der Waals surface area contributed by atoms with Crippen LogP contribution in [0.1, 0.15) is 13.8 Å². The van der Waals surface area contributed by atoms with Gasteiger partial charge in [0.05, 0.1) is 6.10 Å². The minimum atomic E-state index is 0.0435. The molecule has 2 aromatic heterocycles. The van der Waals surface area contributed by atoms with Crippen molar-refractivity contribution in [1.29, 1.82) is 0 Å². The zero-order valence-electron chi connectivity index (χ0n) is 11.3. The van der Waals surface area contributed by atoms with Gasteiger partial charge in [-0.1, -0.05) is 0 Å². The zero-order chi connectivity index (χ0) is 14.1. The molecule has 0 spiro atoms. The van der Waals surface area contributed by atoms with Crippen LogP contribution in [0.3, 0.4) is 0 Å². The molecule has 0 amide bonds. The van der Waals surface area contributed by atoms with E-state index < -0.39 is 0 Å². The fourth-order valence-electron chi connectivity index (χ4n) is 2.04. The first-order chi connectivity index (χ1) is 9.61. The van der Waals surface area contributed by atoms with E-state index in [2.05, 4.69) is 15.0 Å². The molecule has 0 radical (unpaired) electrons. The average molecular weight is 269 g/mol. The summed E-state index contributed by atoms with van der Waals surface area (Å²) >= 11 is 0. The maximum atomic E-state index is 9.81. The Balaban J connectivity index is 2.06. The molecule has 3 rings (SSSR count). The quantitative estimate of drug-likeness (QED) is 0.766. The number of ether oxygens (including phenoxy) is 1. The van der Waals surface area contributed by atoms with Gasteiger partial charge < -0.3 is 14.8 Å². The van der Waals surface area contributed by atoms with E-state index >= 15 is 0 Å². The van der Waals surface area contributed by atoms with Crippen molar-refractivity contribution in [3.63, 3.8) is 0 Å². The Kier molecular flexibility index (Phi) is 3.02. The molecule has 0 atom stereocenters. The van der Waals surface area contributed by atoms with Gasteiger partial charge in [-0.05, 0) is 38.1 Å². The lowest BCUT2D eigenvalue weighted by molar-refractivity contribution is 0.241. The second-order valence-electron chi connectivity index (χ2n) is 4.84. The van der Waals surface area contributed by atoms with Crippen molar-refractivity contribution in [2.45, 2.75) is 20.0 Å². The Morgan fingerprint density at radius 2 is 2.10 bits per heavy atom. The van der Waals surface area contributed by atoms with Gasteiger partial charge in [-0.15, -0.1) is 0 Å². The number of phenols is 1. The van der Waals surface area contributed by atoms with E-state index in [1.165, 1.54) is 0 Å². The number of pyridine rings is 1. The van der Waals surface area contributed by atoms with Crippen molar-refractivity contribution in [3.05, 3.63) is 36.5 Å². The fourth-order valence-corrected chi connectivity index (χ4v) is 2.04. The van der Waals surface area contributed by atoms with E-state index in [0.717, 1.165) is 16.7 Å². The number of aromatic hydroxyl groups is 1. The molecule has 20 heavy (non-hydrogen) atoms. The van der Waals surface area contributed by atoms with Crippen LogP contribution >= 0.6 is 0 Å². The minimum Gasteiger partial charge on any atom is -0.508 e. The largest absolute Gasteiger partial charge is 0.508 e. The topological polar surface area (TPSA) is 71.0 Å². The smallest absolute Gasteiger partial charge is 0.157 e. The van der Waals surface area contributed by atoms with E-state index in [0.29, 0.717) is 11.6 Å². The molecule has 2 heterocycles. The predicted octanol–water partition coefficient (Wildman–Crippen LogP) is 3.12. The molecule has 5 nitrogen and oxygen atoms in total. The molecule has 0 saturated carbocycles. The third-order valence-corrected chi connectivity index (χ3v) is 2.79. The summed E-state index contributed by atoms with van der Waals surface area (Å²) in [5, 5.41) is 9.81. The van der Waals surface area contributed by atoms with Gasteiger partial charge >= 0.3 is 0 Å². The van der Waals surface area contributed by atoms with E-state index in [-0.39, 0.29) is 11.9 Å². The Morgan fingerprint density at radius 1 is 1.25 bits per heavy atom. The summed E-state index contributed by atoms with van der Waals surface area (Å²) in [6.07, 6.45) is 1.75. The highest BCUT2D eigenvalue weighted by molar-refractivity contribution is 5.76. The van der Waals surface area contributed by atoms with Crippen molar-refractivity contribution >= 4 is 11.2 Å². The molecule has 102 valence electrons. The van der Waals surface area contributed by atoms with Gasteiger partial charge in [0.15, 0.2) is 5.65 Å². The number of benzene rings is 1. The van der Waals surface area contributed by atoms with Crippen molar-refractivity contribution in [1.82, 2.24) is 15.0 Å². The van der Waals surface area contributed by atoms with Gasteiger partial charge in [-0.2, -0.15) is 0 Å². The molecule has 1 aromatic carbocycles. The number of rotatable bonds is 3. The first kappa shape index (κ1) is 12.5. The Labute approximate surface area is 116 Å². The number of hydrogen-bond donors (Lipinski definition) is 2. The number of nitrogens with one attached hydrogen (secondary N) is 1. The van der Waals surface area contributed by atoms with Crippen molar-refractivity contribution < 1.29 is 9.84 Å². The van der Waals surface area contributed by atoms with Crippen LogP contribution < -0.4 is 4.74 Å². The molecule has 0 aliphatic carbocycles. The Morgan fingerprint density at radius 3 is 2.85 bits per heavy atom. The minimum absolute atomic E-state index is 0.0435. The summed E-state index contributed by atoms with van der Waals surface area (Å²) < 4.78 is 5.61. The van der Waals surface area contributed by atoms with Crippen LogP contribution in [-0.4, -0.2) is 26.2 Å². The second-order valence-corrected chi connectivity index (χ2v) is 4.84. The lowest BCUT2D eigenvalue weighted by Crippen LogP contribution is -2.05. The molecule has 0 bridgehead atoms. The Bertz CT molecular complexity index is 717. The van der Waals surface area contributed by atoms with E-state index in [1.54, 1.807) is 18.3 Å². The second kappa shape index (κ2) is 4.85. The number of phenolic OH excluding ortho intramolecular Hbond substituents is 1. The molecule has 0 aliphatic heterocycles. The summed E-state index contributed by atoms with van der Waals surface area (Å²) in [4.78, 5) is 11.8. The summed E-state index contributed by atoms with van der Waals surface area (Å²) in [6, 6.07) is 8.80. The van der Waals surface area contributed by atoms with Crippen LogP contribution in [0.25, 0.3) is 22.6 Å². The third-order valence-electron chi connectivity index (χ3n) is 2.79. The first-order valence-electron chi connectivity index (χ1n) is 6.43. The molecule has 3 aromatic rings. The van der Waals surface area contributed by atoms with Crippen LogP contribution in [0, 0.1) is 0 Å². The number of imidazole rings is 1. The molecule has 0 unspecified atom stereocenters. The summed E-state index contributed by atoms with van der Waals surface area (Å²) in [6.45, 7) is 3.88. The summed E-state index contributed by atoms with van der Waals surface area (Å²) in [5.41, 5.74) is 2.27. The van der Waals surface area contributed by atoms with Crippen LogP contribution in [0.5, 0.6) is 11.5 Å². The molecule has 2 N–H and O–H groups in total. The van der Waals surface area contributed by atoms with E-state index in [9.17, 15) is 5.11 Å². The lowest BCUT2D eigenvalue weighted by atomic mass is 10.2. The van der Waals surface area contributed by atoms with Crippen LogP contribution in [-0.2, 0) is 0 Å². The number of aromatic amines is 1. The van der Waals surface area contributed by atoms with Gasteiger partial charge in [0.25, 0.3) is 0 Å². The Hall–Kier alpha value is -2.56. The van der Waals surface area contributed by atoms with E-state index in [4.69, 9.17) is 4.74 Å². The average Bonchev–Trinajstić information content (AvgIpc) is 2.80. The molecular formula is C15H15N3O2. The van der Waals surface area contributed by atoms with Crippen LogP contribution in [0.4, 0.5) is 0 Å². The molecular weight excluding hydrogens is 254 g/mol. The highest BCUT2D eigenvalue weighted by Gasteiger charge is 2.09. The normalized spacial score (nSPS) is 11.2. The summed E-state index contributed by atoms with van der Waals surface area (Å²) in [5.74, 6) is 1.41. The molecule has 0 fully saturated rings. The number of nitrogens with zero attached hydrogens (tertiary/aromatic N) is 2. The lowest BCUT2D eigenvalue weighted by Gasteiger charge is -2.11.